The summed E-state index contributed by atoms with van der Waals surface area (Å²) in [5, 5.41) is 11.4. The third-order valence-corrected chi connectivity index (χ3v) is 3.49. The van der Waals surface area contributed by atoms with Crippen molar-refractivity contribution >= 4 is 23.2 Å². The Morgan fingerprint density at radius 2 is 1.68 bits per heavy atom. The Bertz CT molecular complexity index is 807. The molecule has 0 saturated heterocycles. The predicted molar refractivity (Wildman–Crippen MR) is 101 cm³/mol. The van der Waals surface area contributed by atoms with Crippen LogP contribution in [0.2, 0.25) is 0 Å². The number of para-hydroxylation sites is 1. The highest BCUT2D eigenvalue weighted by atomic mass is 16.3. The lowest BCUT2D eigenvalue weighted by Gasteiger charge is -2.13. The number of rotatable bonds is 5. The fraction of sp³-hybridized carbons (Fsp3) is 0.211. The molecule has 0 aliphatic rings. The zero-order valence-electron chi connectivity index (χ0n) is 14.4. The van der Waals surface area contributed by atoms with E-state index in [0.29, 0.717) is 0 Å². The van der Waals surface area contributed by atoms with E-state index in [1.165, 1.54) is 0 Å². The molecular formula is C19H22N4O2. The molecule has 0 atom stereocenters. The average Bonchev–Trinajstić information content (AvgIpc) is 2.62. The van der Waals surface area contributed by atoms with Gasteiger partial charge in [0, 0.05) is 24.0 Å². The third-order valence-electron chi connectivity index (χ3n) is 3.49. The van der Waals surface area contributed by atoms with E-state index in [0.717, 1.165) is 41.2 Å². The SMILES string of the molecule is CN(C)CCNc1nc(-c2ccccc2)nc2ccccc12.O=CO. The Labute approximate surface area is 147 Å². The Balaban J connectivity index is 0.000000701. The summed E-state index contributed by atoms with van der Waals surface area (Å²) in [6.45, 7) is 1.56. The normalized spacial score (nSPS) is 10.2. The van der Waals surface area contributed by atoms with Crippen LogP contribution in [0.25, 0.3) is 22.3 Å². The number of hydrogen-bond donors (Lipinski definition) is 2. The molecule has 25 heavy (non-hydrogen) atoms. The minimum Gasteiger partial charge on any atom is -0.483 e. The van der Waals surface area contributed by atoms with Crippen LogP contribution < -0.4 is 5.32 Å². The van der Waals surface area contributed by atoms with Crippen LogP contribution in [0.4, 0.5) is 5.82 Å². The lowest BCUT2D eigenvalue weighted by atomic mass is 10.2. The van der Waals surface area contributed by atoms with Gasteiger partial charge in [-0.25, -0.2) is 9.97 Å². The topological polar surface area (TPSA) is 78.3 Å². The van der Waals surface area contributed by atoms with E-state index in [-0.39, 0.29) is 6.47 Å². The Hall–Kier alpha value is -2.99. The highest BCUT2D eigenvalue weighted by Crippen LogP contribution is 2.24. The lowest BCUT2D eigenvalue weighted by Crippen LogP contribution is -2.21. The fourth-order valence-corrected chi connectivity index (χ4v) is 2.33. The van der Waals surface area contributed by atoms with Crippen molar-refractivity contribution in [2.24, 2.45) is 0 Å². The minimum absolute atomic E-state index is 0.250. The zero-order chi connectivity index (χ0) is 18.1. The molecule has 6 heteroatoms. The summed E-state index contributed by atoms with van der Waals surface area (Å²) in [4.78, 5) is 19.9. The van der Waals surface area contributed by atoms with Crippen molar-refractivity contribution in [2.75, 3.05) is 32.5 Å². The molecule has 0 aliphatic heterocycles. The van der Waals surface area contributed by atoms with E-state index in [4.69, 9.17) is 14.9 Å². The lowest BCUT2D eigenvalue weighted by molar-refractivity contribution is -0.122. The van der Waals surface area contributed by atoms with Crippen LogP contribution in [0, 0.1) is 0 Å². The maximum absolute atomic E-state index is 8.36. The number of nitrogens with zero attached hydrogens (tertiary/aromatic N) is 3. The first-order valence-electron chi connectivity index (χ1n) is 7.94. The first-order valence-corrected chi connectivity index (χ1v) is 7.94. The summed E-state index contributed by atoms with van der Waals surface area (Å²) in [6.07, 6.45) is 0. The molecule has 0 spiro atoms. The van der Waals surface area contributed by atoms with Crippen LogP contribution in [0.5, 0.6) is 0 Å². The maximum Gasteiger partial charge on any atom is 0.290 e. The molecule has 2 aromatic carbocycles. The second kappa shape index (κ2) is 9.34. The standard InChI is InChI=1S/C18H20N4.CH2O2/c1-22(2)13-12-19-18-15-10-6-7-11-16(15)20-17(21-18)14-8-4-3-5-9-14;2-1-3/h3-11H,12-13H2,1-2H3,(H,19,20,21);1H,(H,2,3). The summed E-state index contributed by atoms with van der Waals surface area (Å²) in [5.41, 5.74) is 1.99. The van der Waals surface area contributed by atoms with Gasteiger partial charge in [-0.05, 0) is 26.2 Å². The molecule has 6 nitrogen and oxygen atoms in total. The Morgan fingerprint density at radius 1 is 1.04 bits per heavy atom. The second-order valence-electron chi connectivity index (χ2n) is 5.61. The molecule has 0 aliphatic carbocycles. The molecule has 1 aromatic heterocycles. The van der Waals surface area contributed by atoms with Gasteiger partial charge in [0.15, 0.2) is 5.82 Å². The summed E-state index contributed by atoms with van der Waals surface area (Å²) in [7, 11) is 4.13. The molecule has 1 heterocycles. The van der Waals surface area contributed by atoms with Crippen molar-refractivity contribution in [1.82, 2.24) is 14.9 Å². The van der Waals surface area contributed by atoms with Gasteiger partial charge < -0.3 is 15.3 Å². The van der Waals surface area contributed by atoms with E-state index in [1.807, 2.05) is 48.5 Å². The molecule has 0 saturated carbocycles. The second-order valence-corrected chi connectivity index (χ2v) is 5.61. The maximum atomic E-state index is 8.36. The molecule has 2 N–H and O–H groups in total. The van der Waals surface area contributed by atoms with Crippen molar-refractivity contribution in [3.05, 3.63) is 54.6 Å². The molecule has 0 bridgehead atoms. The van der Waals surface area contributed by atoms with Gasteiger partial charge in [-0.3, -0.25) is 4.79 Å². The van der Waals surface area contributed by atoms with Gasteiger partial charge >= 0.3 is 0 Å². The monoisotopic (exact) mass is 338 g/mol. The van der Waals surface area contributed by atoms with Crippen LogP contribution in [0.3, 0.4) is 0 Å². The van der Waals surface area contributed by atoms with E-state index in [9.17, 15) is 0 Å². The first kappa shape index (κ1) is 18.4. The molecule has 0 radical (unpaired) electrons. The van der Waals surface area contributed by atoms with Crippen molar-refractivity contribution < 1.29 is 9.90 Å². The van der Waals surface area contributed by atoms with E-state index in [2.05, 4.69) is 35.4 Å². The van der Waals surface area contributed by atoms with Gasteiger partial charge in [0.2, 0.25) is 0 Å². The largest absolute Gasteiger partial charge is 0.483 e. The number of benzene rings is 2. The molecule has 0 fully saturated rings. The molecule has 0 unspecified atom stereocenters. The number of anilines is 1. The Morgan fingerprint density at radius 3 is 2.36 bits per heavy atom. The third kappa shape index (κ3) is 5.26. The summed E-state index contributed by atoms with van der Waals surface area (Å²) in [5.74, 6) is 1.65. The van der Waals surface area contributed by atoms with Gasteiger partial charge in [0.1, 0.15) is 5.82 Å². The molecule has 3 rings (SSSR count). The predicted octanol–water partition coefficient (Wildman–Crippen LogP) is 2.97. The summed E-state index contributed by atoms with van der Waals surface area (Å²) in [6, 6.07) is 18.2. The van der Waals surface area contributed by atoms with Crippen LogP contribution in [0.1, 0.15) is 0 Å². The van der Waals surface area contributed by atoms with Crippen molar-refractivity contribution in [3.63, 3.8) is 0 Å². The van der Waals surface area contributed by atoms with Crippen molar-refractivity contribution in [3.8, 4) is 11.4 Å². The quantitative estimate of drug-likeness (QED) is 0.696. The first-order chi connectivity index (χ1) is 12.2. The van der Waals surface area contributed by atoms with Crippen molar-refractivity contribution in [1.29, 1.82) is 0 Å². The van der Waals surface area contributed by atoms with Gasteiger partial charge in [-0.2, -0.15) is 0 Å². The van der Waals surface area contributed by atoms with Gasteiger partial charge in [0.05, 0.1) is 5.52 Å². The molecule has 130 valence electrons. The van der Waals surface area contributed by atoms with Gasteiger partial charge in [-0.15, -0.1) is 0 Å². The van der Waals surface area contributed by atoms with Crippen LogP contribution in [-0.4, -0.2) is 53.6 Å². The Kier molecular flexibility index (Phi) is 6.86. The fourth-order valence-electron chi connectivity index (χ4n) is 2.33. The van der Waals surface area contributed by atoms with Crippen LogP contribution in [-0.2, 0) is 4.79 Å². The highest BCUT2D eigenvalue weighted by molar-refractivity contribution is 5.90. The number of carbonyl (C=O) groups is 1. The van der Waals surface area contributed by atoms with Gasteiger partial charge in [0.25, 0.3) is 6.47 Å². The van der Waals surface area contributed by atoms with E-state index >= 15 is 0 Å². The number of aromatic nitrogens is 2. The number of carboxylic acid groups (broad SMARTS) is 1. The molecular weight excluding hydrogens is 316 g/mol. The van der Waals surface area contributed by atoms with Crippen LogP contribution in [0.15, 0.2) is 54.6 Å². The van der Waals surface area contributed by atoms with E-state index < -0.39 is 0 Å². The number of nitrogens with one attached hydrogen (secondary N) is 1. The van der Waals surface area contributed by atoms with Gasteiger partial charge in [-0.1, -0.05) is 42.5 Å². The number of likely N-dealkylation sites (N-methyl/N-ethyl adjacent to an activating group) is 1. The number of hydrogen-bond acceptors (Lipinski definition) is 5. The smallest absolute Gasteiger partial charge is 0.290 e. The minimum atomic E-state index is -0.250. The van der Waals surface area contributed by atoms with E-state index in [1.54, 1.807) is 0 Å². The summed E-state index contributed by atoms with van der Waals surface area (Å²) < 4.78 is 0. The summed E-state index contributed by atoms with van der Waals surface area (Å²) >= 11 is 0. The molecule has 0 amide bonds. The molecule has 3 aromatic rings. The van der Waals surface area contributed by atoms with Crippen molar-refractivity contribution in [2.45, 2.75) is 0 Å². The van der Waals surface area contributed by atoms with Crippen LogP contribution >= 0.6 is 0 Å². The average molecular weight is 338 g/mol. The zero-order valence-corrected chi connectivity index (χ0v) is 14.4. The highest BCUT2D eigenvalue weighted by Gasteiger charge is 2.08. The number of fused-ring (bicyclic) bond motifs is 1.